The van der Waals surface area contributed by atoms with Crippen molar-refractivity contribution in [3.05, 3.63) is 65.5 Å². The van der Waals surface area contributed by atoms with Gasteiger partial charge < -0.3 is 4.74 Å². The van der Waals surface area contributed by atoms with Crippen molar-refractivity contribution in [1.82, 2.24) is 4.98 Å². The molecule has 1 aromatic heterocycles. The van der Waals surface area contributed by atoms with E-state index < -0.39 is 0 Å². The number of nitrogens with zero attached hydrogens (tertiary/aromatic N) is 1. The van der Waals surface area contributed by atoms with E-state index in [1.165, 1.54) is 0 Å². The summed E-state index contributed by atoms with van der Waals surface area (Å²) in [5.74, 6) is 0. The lowest BCUT2D eigenvalue weighted by molar-refractivity contribution is 0.106. The minimum atomic E-state index is 0.441. The maximum atomic E-state index is 10.4. The van der Waals surface area contributed by atoms with E-state index in [9.17, 15) is 4.79 Å². The fourth-order valence-corrected chi connectivity index (χ4v) is 1.45. The van der Waals surface area contributed by atoms with Crippen LogP contribution in [0.5, 0.6) is 0 Å². The molecule has 2 rings (SSSR count). The predicted molar refractivity (Wildman–Crippen MR) is 64.6 cm³/mol. The van der Waals surface area contributed by atoms with Gasteiger partial charge in [-0.2, -0.15) is 0 Å². The summed E-state index contributed by atoms with van der Waals surface area (Å²) < 4.78 is 5.55. The molecule has 0 amide bonds. The van der Waals surface area contributed by atoms with Crippen LogP contribution in [0.2, 0.25) is 0 Å². The van der Waals surface area contributed by atoms with Crippen LogP contribution in [-0.2, 0) is 18.0 Å². The maximum absolute atomic E-state index is 10.4. The highest BCUT2D eigenvalue weighted by atomic mass is 16.5. The van der Waals surface area contributed by atoms with Gasteiger partial charge in [-0.25, -0.2) is 0 Å². The van der Waals surface area contributed by atoms with Gasteiger partial charge in [0.15, 0.2) is 6.29 Å². The quantitative estimate of drug-likeness (QED) is 0.737. The number of carbonyl (C=O) groups is 1. The van der Waals surface area contributed by atoms with Gasteiger partial charge in [-0.3, -0.25) is 9.78 Å². The van der Waals surface area contributed by atoms with Crippen molar-refractivity contribution in [2.75, 3.05) is 0 Å². The smallest absolute Gasteiger partial charge is 0.168 e. The molecule has 0 spiro atoms. The monoisotopic (exact) mass is 227 g/mol. The van der Waals surface area contributed by atoms with Crippen LogP contribution in [0.4, 0.5) is 0 Å². The molecule has 3 nitrogen and oxygen atoms in total. The Balaban J connectivity index is 1.84. The van der Waals surface area contributed by atoms with Crippen molar-refractivity contribution in [3.8, 4) is 0 Å². The van der Waals surface area contributed by atoms with Crippen molar-refractivity contribution < 1.29 is 9.53 Å². The topological polar surface area (TPSA) is 39.2 Å². The molecule has 0 atom stereocenters. The van der Waals surface area contributed by atoms with E-state index in [4.69, 9.17) is 4.74 Å². The molecular formula is C14H13NO2. The number of rotatable bonds is 5. The molecule has 0 radical (unpaired) electrons. The molecule has 0 N–H and O–H groups in total. The molecule has 0 aliphatic heterocycles. The van der Waals surface area contributed by atoms with Crippen molar-refractivity contribution in [1.29, 1.82) is 0 Å². The molecule has 0 saturated heterocycles. The molecule has 0 bridgehead atoms. The fourth-order valence-electron chi connectivity index (χ4n) is 1.45. The molecule has 86 valence electrons. The Morgan fingerprint density at radius 3 is 2.41 bits per heavy atom. The number of hydrogen-bond donors (Lipinski definition) is 0. The van der Waals surface area contributed by atoms with Gasteiger partial charge in [0.05, 0.1) is 13.2 Å². The standard InChI is InChI=1S/C14H13NO2/c16-9-14-7-6-13(8-15-14)11-17-10-12-4-2-1-3-5-12/h1-9H,10-11H2. The van der Waals surface area contributed by atoms with E-state index in [1.807, 2.05) is 36.4 Å². The lowest BCUT2D eigenvalue weighted by Gasteiger charge is -2.04. The highest BCUT2D eigenvalue weighted by Crippen LogP contribution is 2.05. The van der Waals surface area contributed by atoms with E-state index in [-0.39, 0.29) is 0 Å². The first-order valence-electron chi connectivity index (χ1n) is 5.40. The molecule has 1 heterocycles. The van der Waals surface area contributed by atoms with Gasteiger partial charge in [-0.15, -0.1) is 0 Å². The number of benzene rings is 1. The molecule has 0 aliphatic carbocycles. The zero-order valence-corrected chi connectivity index (χ0v) is 9.37. The van der Waals surface area contributed by atoms with Crippen LogP contribution < -0.4 is 0 Å². The van der Waals surface area contributed by atoms with E-state index in [1.54, 1.807) is 12.3 Å². The number of pyridine rings is 1. The largest absolute Gasteiger partial charge is 0.372 e. The third kappa shape index (κ3) is 3.50. The summed E-state index contributed by atoms with van der Waals surface area (Å²) >= 11 is 0. The first kappa shape index (κ1) is 11.5. The molecule has 3 heteroatoms. The second-order valence-corrected chi connectivity index (χ2v) is 3.69. The zero-order chi connectivity index (χ0) is 11.9. The van der Waals surface area contributed by atoms with Crippen molar-refractivity contribution in [2.24, 2.45) is 0 Å². The van der Waals surface area contributed by atoms with Crippen LogP contribution in [0, 0.1) is 0 Å². The molecule has 1 aromatic carbocycles. The SMILES string of the molecule is O=Cc1ccc(COCc2ccccc2)cn1. The van der Waals surface area contributed by atoms with Gasteiger partial charge in [-0.1, -0.05) is 36.4 Å². The summed E-state index contributed by atoms with van der Waals surface area (Å²) in [6.07, 6.45) is 2.39. The highest BCUT2D eigenvalue weighted by molar-refractivity contribution is 5.71. The first-order valence-corrected chi connectivity index (χ1v) is 5.40. The second kappa shape index (κ2) is 5.92. The van der Waals surface area contributed by atoms with Crippen LogP contribution in [0.25, 0.3) is 0 Å². The predicted octanol–water partition coefficient (Wildman–Crippen LogP) is 2.61. The van der Waals surface area contributed by atoms with Gasteiger partial charge in [0.1, 0.15) is 5.69 Å². The van der Waals surface area contributed by atoms with Gasteiger partial charge in [0.2, 0.25) is 0 Å². The summed E-state index contributed by atoms with van der Waals surface area (Å²) in [4.78, 5) is 14.4. The average Bonchev–Trinajstić information content (AvgIpc) is 2.41. The third-order valence-electron chi connectivity index (χ3n) is 2.35. The number of hydrogen-bond acceptors (Lipinski definition) is 3. The van der Waals surface area contributed by atoms with Crippen LogP contribution in [0.3, 0.4) is 0 Å². The van der Waals surface area contributed by atoms with Crippen LogP contribution >= 0.6 is 0 Å². The summed E-state index contributed by atoms with van der Waals surface area (Å²) in [5.41, 5.74) is 2.55. The molecular weight excluding hydrogens is 214 g/mol. The van der Waals surface area contributed by atoms with Gasteiger partial charge >= 0.3 is 0 Å². The molecule has 0 saturated carbocycles. The van der Waals surface area contributed by atoms with Crippen molar-refractivity contribution >= 4 is 6.29 Å². The summed E-state index contributed by atoms with van der Waals surface area (Å²) in [7, 11) is 0. The van der Waals surface area contributed by atoms with Crippen LogP contribution in [-0.4, -0.2) is 11.3 Å². The van der Waals surface area contributed by atoms with Gasteiger partial charge in [0.25, 0.3) is 0 Å². The Morgan fingerprint density at radius 2 is 1.76 bits per heavy atom. The summed E-state index contributed by atoms with van der Waals surface area (Å²) in [6, 6.07) is 13.5. The molecule has 2 aromatic rings. The van der Waals surface area contributed by atoms with Gasteiger partial charge in [0, 0.05) is 6.20 Å². The van der Waals surface area contributed by atoms with Crippen molar-refractivity contribution in [3.63, 3.8) is 0 Å². The molecule has 0 aliphatic rings. The minimum Gasteiger partial charge on any atom is -0.372 e. The Hall–Kier alpha value is -2.00. The third-order valence-corrected chi connectivity index (χ3v) is 2.35. The molecule has 17 heavy (non-hydrogen) atoms. The Kier molecular flexibility index (Phi) is 4.00. The lowest BCUT2D eigenvalue weighted by atomic mass is 10.2. The van der Waals surface area contributed by atoms with E-state index in [0.29, 0.717) is 18.9 Å². The highest BCUT2D eigenvalue weighted by Gasteiger charge is 1.96. The van der Waals surface area contributed by atoms with E-state index in [0.717, 1.165) is 17.4 Å². The molecule has 0 fully saturated rings. The lowest BCUT2D eigenvalue weighted by Crippen LogP contribution is -1.95. The Bertz CT molecular complexity index is 465. The fraction of sp³-hybridized carbons (Fsp3) is 0.143. The Morgan fingerprint density at radius 1 is 1.00 bits per heavy atom. The summed E-state index contributed by atoms with van der Waals surface area (Å²) in [6.45, 7) is 1.08. The minimum absolute atomic E-state index is 0.441. The number of aromatic nitrogens is 1. The van der Waals surface area contributed by atoms with Crippen LogP contribution in [0.15, 0.2) is 48.7 Å². The normalized spacial score (nSPS) is 10.1. The van der Waals surface area contributed by atoms with E-state index >= 15 is 0 Å². The Labute approximate surface area is 100 Å². The number of aldehydes is 1. The molecule has 0 unspecified atom stereocenters. The number of carbonyl (C=O) groups excluding carboxylic acids is 1. The summed E-state index contributed by atoms with van der Waals surface area (Å²) in [5, 5.41) is 0. The second-order valence-electron chi connectivity index (χ2n) is 3.69. The maximum Gasteiger partial charge on any atom is 0.168 e. The van der Waals surface area contributed by atoms with E-state index in [2.05, 4.69) is 4.98 Å². The van der Waals surface area contributed by atoms with Gasteiger partial charge in [-0.05, 0) is 17.2 Å². The number of ether oxygens (including phenoxy) is 1. The zero-order valence-electron chi connectivity index (χ0n) is 9.37. The first-order chi connectivity index (χ1) is 8.38. The van der Waals surface area contributed by atoms with Crippen LogP contribution in [0.1, 0.15) is 21.6 Å². The average molecular weight is 227 g/mol. The van der Waals surface area contributed by atoms with Crippen molar-refractivity contribution in [2.45, 2.75) is 13.2 Å².